The Morgan fingerprint density at radius 1 is 1.00 bits per heavy atom. The summed E-state index contributed by atoms with van der Waals surface area (Å²) in [6.45, 7) is 1.34. The van der Waals surface area contributed by atoms with Crippen molar-refractivity contribution in [2.75, 3.05) is 12.4 Å². The van der Waals surface area contributed by atoms with E-state index in [2.05, 4.69) is 25.4 Å². The van der Waals surface area contributed by atoms with Crippen LogP contribution in [0.2, 0.25) is 0 Å². The summed E-state index contributed by atoms with van der Waals surface area (Å²) in [4.78, 5) is 23.5. The number of carboxylic acid groups (broad SMARTS) is 1. The number of hydrogen-bond acceptors (Lipinski definition) is 7. The lowest BCUT2D eigenvalue weighted by molar-refractivity contribution is -0.141. The van der Waals surface area contributed by atoms with E-state index in [0.29, 0.717) is 0 Å². The van der Waals surface area contributed by atoms with E-state index in [1.807, 2.05) is 0 Å². The molecule has 1 aromatic carbocycles. The first-order chi connectivity index (χ1) is 17.8. The maximum atomic E-state index is 13.3. The fourth-order valence-corrected chi connectivity index (χ4v) is 3.41. The lowest BCUT2D eigenvalue weighted by atomic mass is 10.1. The van der Waals surface area contributed by atoms with Crippen LogP contribution in [0.4, 0.5) is 38.0 Å². The summed E-state index contributed by atoms with van der Waals surface area (Å²) in [5.74, 6) is -1.91. The Morgan fingerprint density at radius 3 is 2.34 bits per heavy atom. The van der Waals surface area contributed by atoms with E-state index in [9.17, 15) is 36.2 Å². The molecule has 0 saturated heterocycles. The standard InChI is InChI=1S/C23H16F6N6O3/c1-11-3-18(23(27,28)29)34-35(11)19-17(12-4-13(20(36)37)9-30-8-12)10-31-21(33-19)32-15-5-14(22(24,25)26)6-16(7-15)38-2/h3-10H,1-2H3,(H,36,37)(H,31,32,33). The normalized spacial score (nSPS) is 11.9. The third-order valence-corrected chi connectivity index (χ3v) is 5.17. The van der Waals surface area contributed by atoms with Gasteiger partial charge in [-0.05, 0) is 31.2 Å². The third-order valence-electron chi connectivity index (χ3n) is 5.17. The first-order valence-electron chi connectivity index (χ1n) is 10.5. The van der Waals surface area contributed by atoms with Crippen LogP contribution in [0, 0.1) is 6.92 Å². The number of nitrogens with one attached hydrogen (secondary N) is 1. The van der Waals surface area contributed by atoms with Gasteiger partial charge in [-0.25, -0.2) is 14.5 Å². The number of nitrogens with zero attached hydrogens (tertiary/aromatic N) is 5. The molecular formula is C23H16F6N6O3. The van der Waals surface area contributed by atoms with Gasteiger partial charge in [0, 0.05) is 47.2 Å². The first-order valence-corrected chi connectivity index (χ1v) is 10.5. The van der Waals surface area contributed by atoms with E-state index in [1.54, 1.807) is 0 Å². The number of rotatable bonds is 6. The summed E-state index contributed by atoms with van der Waals surface area (Å²) < 4.78 is 85.7. The Kier molecular flexibility index (Phi) is 6.69. The van der Waals surface area contributed by atoms with Crippen LogP contribution in [0.3, 0.4) is 0 Å². The van der Waals surface area contributed by atoms with Gasteiger partial charge >= 0.3 is 18.3 Å². The molecule has 0 amide bonds. The molecule has 3 aromatic heterocycles. The molecule has 198 valence electrons. The second kappa shape index (κ2) is 9.64. The van der Waals surface area contributed by atoms with Gasteiger partial charge in [0.1, 0.15) is 5.75 Å². The van der Waals surface area contributed by atoms with Crippen LogP contribution >= 0.6 is 0 Å². The highest BCUT2D eigenvalue weighted by Gasteiger charge is 2.35. The molecule has 0 aliphatic rings. The summed E-state index contributed by atoms with van der Waals surface area (Å²) >= 11 is 0. The number of carbonyl (C=O) groups is 1. The first kappa shape index (κ1) is 26.4. The Bertz CT molecular complexity index is 1520. The summed E-state index contributed by atoms with van der Waals surface area (Å²) in [6.07, 6.45) is -5.98. The molecule has 0 atom stereocenters. The van der Waals surface area contributed by atoms with E-state index in [1.165, 1.54) is 32.4 Å². The Balaban J connectivity index is 1.87. The van der Waals surface area contributed by atoms with Gasteiger partial charge in [-0.15, -0.1) is 0 Å². The summed E-state index contributed by atoms with van der Waals surface area (Å²) in [7, 11) is 1.18. The minimum atomic E-state index is -4.77. The number of halogens is 6. The fourth-order valence-electron chi connectivity index (χ4n) is 3.41. The number of pyridine rings is 1. The van der Waals surface area contributed by atoms with Crippen LogP contribution in [-0.2, 0) is 12.4 Å². The lowest BCUT2D eigenvalue weighted by Crippen LogP contribution is -2.11. The van der Waals surface area contributed by atoms with Crippen LogP contribution in [0.15, 0.2) is 48.9 Å². The number of benzene rings is 1. The largest absolute Gasteiger partial charge is 0.497 e. The number of aromatic nitrogens is 5. The van der Waals surface area contributed by atoms with Crippen molar-refractivity contribution in [3.63, 3.8) is 0 Å². The van der Waals surface area contributed by atoms with Gasteiger partial charge in [-0.2, -0.15) is 36.4 Å². The molecule has 4 rings (SSSR count). The summed E-state index contributed by atoms with van der Waals surface area (Å²) in [5, 5.41) is 15.5. The molecular weight excluding hydrogens is 522 g/mol. The number of aromatic carboxylic acids is 1. The van der Waals surface area contributed by atoms with Crippen molar-refractivity contribution in [2.24, 2.45) is 0 Å². The van der Waals surface area contributed by atoms with Crippen molar-refractivity contribution in [2.45, 2.75) is 19.3 Å². The number of anilines is 2. The van der Waals surface area contributed by atoms with Crippen molar-refractivity contribution in [3.8, 4) is 22.7 Å². The van der Waals surface area contributed by atoms with E-state index in [-0.39, 0.29) is 45.6 Å². The molecule has 0 radical (unpaired) electrons. The van der Waals surface area contributed by atoms with Gasteiger partial charge < -0.3 is 15.2 Å². The average molecular weight is 538 g/mol. The molecule has 4 aromatic rings. The van der Waals surface area contributed by atoms with Crippen LogP contribution in [0.25, 0.3) is 16.9 Å². The number of hydrogen-bond donors (Lipinski definition) is 2. The van der Waals surface area contributed by atoms with Crippen LogP contribution in [0.5, 0.6) is 5.75 Å². The maximum absolute atomic E-state index is 13.3. The zero-order valence-corrected chi connectivity index (χ0v) is 19.4. The fraction of sp³-hybridized carbons (Fsp3) is 0.174. The number of ether oxygens (including phenoxy) is 1. The maximum Gasteiger partial charge on any atom is 0.435 e. The number of carboxylic acids is 1. The molecule has 3 heterocycles. The number of aryl methyl sites for hydroxylation is 1. The lowest BCUT2D eigenvalue weighted by Gasteiger charge is -2.15. The predicted molar refractivity (Wildman–Crippen MR) is 120 cm³/mol. The third kappa shape index (κ3) is 5.50. The molecule has 38 heavy (non-hydrogen) atoms. The van der Waals surface area contributed by atoms with Crippen molar-refractivity contribution in [3.05, 3.63) is 71.4 Å². The smallest absolute Gasteiger partial charge is 0.435 e. The second-order valence-electron chi connectivity index (χ2n) is 7.85. The second-order valence-corrected chi connectivity index (χ2v) is 7.85. The van der Waals surface area contributed by atoms with Gasteiger partial charge in [-0.1, -0.05) is 0 Å². The van der Waals surface area contributed by atoms with E-state index < -0.39 is 29.6 Å². The van der Waals surface area contributed by atoms with E-state index in [0.717, 1.165) is 35.3 Å². The minimum absolute atomic E-state index is 0.0197. The minimum Gasteiger partial charge on any atom is -0.497 e. The molecule has 0 bridgehead atoms. The summed E-state index contributed by atoms with van der Waals surface area (Å²) in [5.41, 5.74) is -2.33. The van der Waals surface area contributed by atoms with Crippen molar-refractivity contribution < 1.29 is 41.0 Å². The molecule has 0 fully saturated rings. The molecule has 0 aliphatic carbocycles. The molecule has 0 unspecified atom stereocenters. The van der Waals surface area contributed by atoms with Gasteiger partial charge in [0.2, 0.25) is 5.95 Å². The highest BCUT2D eigenvalue weighted by Crippen LogP contribution is 2.36. The predicted octanol–water partition coefficient (Wildman–Crippen LogP) is 5.52. The Labute approximate surface area is 209 Å². The zero-order valence-electron chi connectivity index (χ0n) is 19.4. The van der Waals surface area contributed by atoms with Crippen LogP contribution < -0.4 is 10.1 Å². The van der Waals surface area contributed by atoms with Crippen LogP contribution in [-0.4, -0.2) is 42.9 Å². The molecule has 2 N–H and O–H groups in total. The van der Waals surface area contributed by atoms with Crippen molar-refractivity contribution in [1.29, 1.82) is 0 Å². The average Bonchev–Trinajstić information content (AvgIpc) is 3.25. The topological polar surface area (TPSA) is 115 Å². The van der Waals surface area contributed by atoms with Gasteiger partial charge in [0.25, 0.3) is 0 Å². The van der Waals surface area contributed by atoms with E-state index in [4.69, 9.17) is 4.74 Å². The van der Waals surface area contributed by atoms with Crippen LogP contribution in [0.1, 0.15) is 27.3 Å². The molecule has 0 saturated carbocycles. The highest BCUT2D eigenvalue weighted by molar-refractivity contribution is 5.89. The Morgan fingerprint density at radius 2 is 1.74 bits per heavy atom. The SMILES string of the molecule is COc1cc(Nc2ncc(-c3cncc(C(=O)O)c3)c(-n3nc(C(F)(F)F)cc3C)n2)cc(C(F)(F)F)c1. The van der Waals surface area contributed by atoms with Gasteiger partial charge in [0.15, 0.2) is 11.5 Å². The highest BCUT2D eigenvalue weighted by atomic mass is 19.4. The van der Waals surface area contributed by atoms with Crippen molar-refractivity contribution >= 4 is 17.6 Å². The van der Waals surface area contributed by atoms with E-state index >= 15 is 0 Å². The molecule has 9 nitrogen and oxygen atoms in total. The zero-order chi connectivity index (χ0) is 27.8. The van der Waals surface area contributed by atoms with Gasteiger partial charge in [-0.3, -0.25) is 4.98 Å². The monoisotopic (exact) mass is 538 g/mol. The number of methoxy groups -OCH3 is 1. The van der Waals surface area contributed by atoms with Crippen molar-refractivity contribution in [1.82, 2.24) is 24.7 Å². The molecule has 15 heteroatoms. The summed E-state index contributed by atoms with van der Waals surface area (Å²) in [6, 6.07) is 4.80. The number of alkyl halides is 6. The molecule has 0 aliphatic heterocycles. The Hall–Kier alpha value is -4.69. The van der Waals surface area contributed by atoms with Gasteiger partial charge in [0.05, 0.1) is 18.2 Å². The molecule has 0 spiro atoms. The quantitative estimate of drug-likeness (QED) is 0.309.